The summed E-state index contributed by atoms with van der Waals surface area (Å²) in [5.74, 6) is 0.984. The van der Waals surface area contributed by atoms with E-state index in [-0.39, 0.29) is 30.6 Å². The Labute approximate surface area is 169 Å². The molecule has 0 saturated carbocycles. The number of benzene rings is 1. The number of allylic oxidation sites excluding steroid dienone is 1. The number of nitriles is 1. The average molecular weight is 442 g/mol. The van der Waals surface area contributed by atoms with Crippen molar-refractivity contribution in [3.63, 3.8) is 0 Å². The van der Waals surface area contributed by atoms with Crippen LogP contribution in [-0.2, 0) is 4.74 Å². The fourth-order valence-corrected chi connectivity index (χ4v) is 4.65. The molecule has 3 aliphatic heterocycles. The molecule has 28 heavy (non-hydrogen) atoms. The first kappa shape index (κ1) is 17.3. The number of hydrazine groups is 1. The van der Waals surface area contributed by atoms with E-state index in [1.54, 1.807) is 12.4 Å². The predicted octanol–water partition coefficient (Wildman–Crippen LogP) is 2.17. The lowest BCUT2D eigenvalue weighted by Gasteiger charge is -2.36. The summed E-state index contributed by atoms with van der Waals surface area (Å²) < 4.78 is 17.7. The monoisotopic (exact) mass is 441 g/mol. The van der Waals surface area contributed by atoms with Crippen LogP contribution in [0.25, 0.3) is 0 Å². The summed E-state index contributed by atoms with van der Waals surface area (Å²) in [5, 5.41) is 9.86. The molecule has 8 nitrogen and oxygen atoms in total. The van der Waals surface area contributed by atoms with Gasteiger partial charge in [-0.2, -0.15) is 5.26 Å². The molecule has 0 amide bonds. The van der Waals surface area contributed by atoms with Gasteiger partial charge >= 0.3 is 0 Å². The van der Waals surface area contributed by atoms with Crippen LogP contribution in [0, 0.1) is 17.2 Å². The summed E-state index contributed by atoms with van der Waals surface area (Å²) in [4.78, 5) is 4.23. The Morgan fingerprint density at radius 2 is 2.07 bits per heavy atom. The molecule has 0 radical (unpaired) electrons. The van der Waals surface area contributed by atoms with E-state index in [0.717, 1.165) is 15.6 Å². The van der Waals surface area contributed by atoms with Crippen molar-refractivity contribution >= 4 is 15.9 Å². The third-order valence-electron chi connectivity index (χ3n) is 5.32. The number of nitrogens with zero attached hydrogens (tertiary/aromatic N) is 2. The predicted molar refractivity (Wildman–Crippen MR) is 101 cm³/mol. The van der Waals surface area contributed by atoms with Crippen molar-refractivity contribution in [2.24, 2.45) is 11.7 Å². The summed E-state index contributed by atoms with van der Waals surface area (Å²) in [6.45, 7) is 0.176. The number of pyridine rings is 1. The molecule has 1 aromatic heterocycles. The number of aromatic nitrogens is 1. The molecular formula is C19H16BrN5O3. The summed E-state index contributed by atoms with van der Waals surface area (Å²) in [7, 11) is 0. The highest BCUT2D eigenvalue weighted by Gasteiger charge is 2.50. The SMILES string of the molecule is N#CC1=C(N)OC2NNC(c3cccnc3)C2C1c1cc2c(cc1Br)OCO2. The Morgan fingerprint density at radius 1 is 1.25 bits per heavy atom. The average Bonchev–Trinajstić information content (AvgIpc) is 3.33. The van der Waals surface area contributed by atoms with E-state index in [4.69, 9.17) is 19.9 Å². The van der Waals surface area contributed by atoms with Gasteiger partial charge in [0.2, 0.25) is 12.7 Å². The molecular weight excluding hydrogens is 426 g/mol. The van der Waals surface area contributed by atoms with Gasteiger partial charge in [0.15, 0.2) is 17.7 Å². The first-order valence-electron chi connectivity index (χ1n) is 8.74. The largest absolute Gasteiger partial charge is 0.458 e. The first-order valence-corrected chi connectivity index (χ1v) is 9.53. The van der Waals surface area contributed by atoms with Crippen LogP contribution in [0.1, 0.15) is 23.1 Å². The Kier molecular flexibility index (Phi) is 4.12. The third-order valence-corrected chi connectivity index (χ3v) is 6.01. The Hall–Kier alpha value is -2.80. The number of hydrogen-bond donors (Lipinski definition) is 3. The maximum absolute atomic E-state index is 9.86. The van der Waals surface area contributed by atoms with E-state index in [9.17, 15) is 5.26 Å². The topological polar surface area (TPSA) is 114 Å². The van der Waals surface area contributed by atoms with Crippen molar-refractivity contribution < 1.29 is 14.2 Å². The van der Waals surface area contributed by atoms with Gasteiger partial charge in [0.05, 0.1) is 11.6 Å². The number of fused-ring (bicyclic) bond motifs is 2. The van der Waals surface area contributed by atoms with Crippen molar-refractivity contribution in [2.75, 3.05) is 6.79 Å². The Morgan fingerprint density at radius 3 is 2.82 bits per heavy atom. The molecule has 142 valence electrons. The second-order valence-corrected chi connectivity index (χ2v) is 7.62. The zero-order chi connectivity index (χ0) is 19.3. The lowest BCUT2D eigenvalue weighted by atomic mass is 9.74. The maximum Gasteiger partial charge on any atom is 0.231 e. The van der Waals surface area contributed by atoms with Crippen LogP contribution in [0.2, 0.25) is 0 Å². The minimum Gasteiger partial charge on any atom is -0.458 e. The zero-order valence-corrected chi connectivity index (χ0v) is 16.1. The minimum atomic E-state index is -0.398. The second-order valence-electron chi connectivity index (χ2n) is 6.76. The molecule has 3 aliphatic rings. The van der Waals surface area contributed by atoms with Crippen molar-refractivity contribution in [3.05, 3.63) is 63.7 Å². The molecule has 4 heterocycles. The molecule has 4 N–H and O–H groups in total. The highest BCUT2D eigenvalue weighted by atomic mass is 79.9. The highest BCUT2D eigenvalue weighted by Crippen LogP contribution is 2.51. The van der Waals surface area contributed by atoms with Gasteiger partial charge in [-0.05, 0) is 29.3 Å². The van der Waals surface area contributed by atoms with Crippen LogP contribution in [-0.4, -0.2) is 18.0 Å². The summed E-state index contributed by atoms with van der Waals surface area (Å²) in [5.41, 5.74) is 14.8. The molecule has 2 aromatic rings. The Balaban J connectivity index is 1.66. The first-order chi connectivity index (χ1) is 13.7. The normalized spacial score (nSPS) is 27.9. The number of nitrogens with two attached hydrogens (primary N) is 1. The quantitative estimate of drug-likeness (QED) is 0.649. The summed E-state index contributed by atoms with van der Waals surface area (Å²) >= 11 is 3.63. The number of ether oxygens (including phenoxy) is 3. The summed E-state index contributed by atoms with van der Waals surface area (Å²) in [6.07, 6.45) is 3.14. The minimum absolute atomic E-state index is 0.124. The van der Waals surface area contributed by atoms with Crippen molar-refractivity contribution in [1.29, 1.82) is 5.26 Å². The van der Waals surface area contributed by atoms with Crippen LogP contribution in [0.5, 0.6) is 11.5 Å². The van der Waals surface area contributed by atoms with Gasteiger partial charge in [-0.3, -0.25) is 4.98 Å². The van der Waals surface area contributed by atoms with Crippen molar-refractivity contribution in [3.8, 4) is 17.6 Å². The number of hydrogen-bond acceptors (Lipinski definition) is 8. The molecule has 0 spiro atoms. The van der Waals surface area contributed by atoms with E-state index in [2.05, 4.69) is 37.8 Å². The fourth-order valence-electron chi connectivity index (χ4n) is 4.08. The molecule has 1 aromatic carbocycles. The van der Waals surface area contributed by atoms with Crippen LogP contribution in [0.15, 0.2) is 52.6 Å². The molecule has 4 atom stereocenters. The Bertz CT molecular complexity index is 1010. The van der Waals surface area contributed by atoms with Crippen molar-refractivity contribution in [1.82, 2.24) is 15.8 Å². The maximum atomic E-state index is 9.86. The standard InChI is InChI=1S/C19H16BrN5O3/c20-12-5-14-13(26-8-27-14)4-10(12)15-11(6-21)18(22)28-19-16(15)17(24-25-19)9-2-1-3-23-7-9/h1-5,7,15-17,19,24-25H,8,22H2. The van der Waals surface area contributed by atoms with Crippen LogP contribution >= 0.6 is 15.9 Å². The number of rotatable bonds is 2. The van der Waals surface area contributed by atoms with Gasteiger partial charge in [-0.15, -0.1) is 0 Å². The van der Waals surface area contributed by atoms with Crippen molar-refractivity contribution in [2.45, 2.75) is 18.2 Å². The van der Waals surface area contributed by atoms with E-state index >= 15 is 0 Å². The van der Waals surface area contributed by atoms with E-state index in [1.807, 2.05) is 24.3 Å². The number of nitrogens with one attached hydrogen (secondary N) is 2. The van der Waals surface area contributed by atoms with Crippen LogP contribution in [0.4, 0.5) is 0 Å². The van der Waals surface area contributed by atoms with E-state index in [0.29, 0.717) is 17.1 Å². The van der Waals surface area contributed by atoms with Gasteiger partial charge in [-0.25, -0.2) is 10.9 Å². The second kappa shape index (κ2) is 6.67. The molecule has 0 aliphatic carbocycles. The van der Waals surface area contributed by atoms with Crippen LogP contribution in [0.3, 0.4) is 0 Å². The van der Waals surface area contributed by atoms with Gasteiger partial charge in [0, 0.05) is 28.7 Å². The molecule has 4 unspecified atom stereocenters. The highest BCUT2D eigenvalue weighted by molar-refractivity contribution is 9.10. The third kappa shape index (κ3) is 2.61. The fraction of sp³-hybridized carbons (Fsp3) is 0.263. The van der Waals surface area contributed by atoms with E-state index in [1.165, 1.54) is 0 Å². The molecule has 1 saturated heterocycles. The number of halogens is 1. The smallest absolute Gasteiger partial charge is 0.231 e. The molecule has 9 heteroatoms. The zero-order valence-electron chi connectivity index (χ0n) is 14.6. The van der Waals surface area contributed by atoms with Crippen LogP contribution < -0.4 is 26.1 Å². The van der Waals surface area contributed by atoms with Gasteiger partial charge < -0.3 is 19.9 Å². The molecule has 0 bridgehead atoms. The van der Waals surface area contributed by atoms with E-state index < -0.39 is 6.23 Å². The lowest BCUT2D eigenvalue weighted by molar-refractivity contribution is 0.0339. The van der Waals surface area contributed by atoms with Gasteiger partial charge in [0.25, 0.3) is 0 Å². The van der Waals surface area contributed by atoms with Gasteiger partial charge in [-0.1, -0.05) is 22.0 Å². The lowest BCUT2D eigenvalue weighted by Crippen LogP contribution is -2.41. The summed E-state index contributed by atoms with van der Waals surface area (Å²) in [6, 6.07) is 9.77. The molecule has 1 fully saturated rings. The van der Waals surface area contributed by atoms with Gasteiger partial charge in [0.1, 0.15) is 6.07 Å². The molecule has 5 rings (SSSR count).